The van der Waals surface area contributed by atoms with Gasteiger partial charge in [0.15, 0.2) is 0 Å². The molecule has 0 aliphatic rings. The largest absolute Gasteiger partial charge is 1.00 e. The van der Waals surface area contributed by atoms with E-state index in [4.69, 9.17) is 10.5 Å². The van der Waals surface area contributed by atoms with Crippen molar-refractivity contribution < 1.29 is 48.6 Å². The molecule has 5 nitrogen and oxygen atoms in total. The molecular formula is C14H16FN2NaO3. The molecule has 0 aliphatic heterocycles. The van der Waals surface area contributed by atoms with Gasteiger partial charge in [-0.1, -0.05) is 0 Å². The summed E-state index contributed by atoms with van der Waals surface area (Å²) in [5.74, 6) is -0.663. The number of halogens is 1. The summed E-state index contributed by atoms with van der Waals surface area (Å²) in [5, 5.41) is 11.5. The van der Waals surface area contributed by atoms with Crippen LogP contribution in [0.25, 0.3) is 10.9 Å². The standard InChI is InChI=1S/C14H17FN2O3.Na/c15-4-1-5-20-10-2-3-13-11(7-10)9(8-17-13)6-12(16)14(18)19;/h2-3,7-8,12,17H,1,4-6,16H2,(H,18,19);/q;+1/p-1/t12-;/m0./s1/i15-1;. The van der Waals surface area contributed by atoms with Gasteiger partial charge in [0, 0.05) is 29.6 Å². The summed E-state index contributed by atoms with van der Waals surface area (Å²) >= 11 is 0. The molecule has 1 aromatic carbocycles. The van der Waals surface area contributed by atoms with E-state index in [0.29, 0.717) is 18.8 Å². The molecule has 108 valence electrons. The Hall–Kier alpha value is -1.08. The molecular weight excluding hydrogens is 285 g/mol. The average Bonchev–Trinajstić information content (AvgIpc) is 2.82. The van der Waals surface area contributed by atoms with Gasteiger partial charge < -0.3 is 25.4 Å². The molecule has 2 rings (SSSR count). The first-order chi connectivity index (χ1) is 9.61. The minimum absolute atomic E-state index is 0. The molecule has 7 heteroatoms. The number of hydrogen-bond donors (Lipinski definition) is 2. The number of carboxylic acid groups (broad SMARTS) is 1. The predicted octanol–water partition coefficient (Wildman–Crippen LogP) is -2.47. The van der Waals surface area contributed by atoms with Crippen LogP contribution in [-0.4, -0.2) is 30.3 Å². The molecule has 0 amide bonds. The number of aromatic amines is 1. The number of H-pyrrole nitrogens is 1. The van der Waals surface area contributed by atoms with E-state index in [1.165, 1.54) is 0 Å². The number of fused-ring (bicyclic) bond motifs is 1. The summed E-state index contributed by atoms with van der Waals surface area (Å²) in [6, 6.07) is 4.35. The van der Waals surface area contributed by atoms with Crippen LogP contribution in [0.15, 0.2) is 24.4 Å². The molecule has 0 saturated heterocycles. The van der Waals surface area contributed by atoms with Crippen LogP contribution in [-0.2, 0) is 11.2 Å². The van der Waals surface area contributed by atoms with Gasteiger partial charge in [-0.3, -0.25) is 4.39 Å². The van der Waals surface area contributed by atoms with Crippen molar-refractivity contribution in [3.8, 4) is 5.75 Å². The van der Waals surface area contributed by atoms with Crippen LogP contribution in [0.4, 0.5) is 4.39 Å². The van der Waals surface area contributed by atoms with E-state index in [-0.39, 0.29) is 36.0 Å². The van der Waals surface area contributed by atoms with Crippen molar-refractivity contribution in [2.24, 2.45) is 5.73 Å². The van der Waals surface area contributed by atoms with E-state index < -0.39 is 18.7 Å². The molecule has 0 unspecified atom stereocenters. The third-order valence-corrected chi connectivity index (χ3v) is 3.03. The number of alkyl halides is 1. The molecule has 0 radical (unpaired) electrons. The van der Waals surface area contributed by atoms with Crippen LogP contribution in [0, 0.1) is 0 Å². The van der Waals surface area contributed by atoms with Gasteiger partial charge >= 0.3 is 29.6 Å². The number of nitrogens with one attached hydrogen (secondary N) is 1. The minimum Gasteiger partial charge on any atom is -0.548 e. The maximum absolute atomic E-state index is 12.0. The monoisotopic (exact) mass is 301 g/mol. The predicted molar refractivity (Wildman–Crippen MR) is 71.1 cm³/mol. The zero-order chi connectivity index (χ0) is 14.5. The van der Waals surface area contributed by atoms with E-state index in [1.807, 2.05) is 6.07 Å². The van der Waals surface area contributed by atoms with Crippen molar-refractivity contribution in [1.29, 1.82) is 0 Å². The first-order valence-electron chi connectivity index (χ1n) is 6.37. The first kappa shape index (κ1) is 18.0. The van der Waals surface area contributed by atoms with Gasteiger partial charge in [-0.15, -0.1) is 0 Å². The number of rotatable bonds is 7. The normalized spacial score (nSPS) is 11.9. The first-order valence-corrected chi connectivity index (χ1v) is 6.37. The topological polar surface area (TPSA) is 91.2 Å². The molecule has 0 spiro atoms. The van der Waals surface area contributed by atoms with E-state index in [9.17, 15) is 14.3 Å². The molecule has 0 saturated carbocycles. The van der Waals surface area contributed by atoms with Crippen molar-refractivity contribution in [2.45, 2.75) is 18.9 Å². The quantitative estimate of drug-likeness (QED) is 0.438. The number of nitrogens with two attached hydrogens (primary N) is 1. The van der Waals surface area contributed by atoms with E-state index in [0.717, 1.165) is 16.5 Å². The maximum atomic E-state index is 12.0. The van der Waals surface area contributed by atoms with Gasteiger partial charge in [-0.25, -0.2) is 0 Å². The van der Waals surface area contributed by atoms with E-state index >= 15 is 0 Å². The molecule has 21 heavy (non-hydrogen) atoms. The Morgan fingerprint density at radius 3 is 2.90 bits per heavy atom. The zero-order valence-electron chi connectivity index (χ0n) is 11.9. The molecule has 1 atom stereocenters. The Balaban J connectivity index is 0.00000220. The molecule has 0 fully saturated rings. The van der Waals surface area contributed by atoms with Crippen LogP contribution >= 0.6 is 0 Å². The van der Waals surface area contributed by atoms with Gasteiger partial charge in [-0.2, -0.15) is 0 Å². The summed E-state index contributed by atoms with van der Waals surface area (Å²) in [7, 11) is 0. The third kappa shape index (κ3) is 4.71. The zero-order valence-corrected chi connectivity index (χ0v) is 13.9. The second-order valence-electron chi connectivity index (χ2n) is 4.54. The molecule has 0 aliphatic carbocycles. The summed E-state index contributed by atoms with van der Waals surface area (Å²) < 4.78 is 17.4. The van der Waals surface area contributed by atoms with Gasteiger partial charge in [0.1, 0.15) is 5.75 Å². The van der Waals surface area contributed by atoms with Crippen LogP contribution < -0.4 is 45.1 Å². The number of aromatic nitrogens is 1. The van der Waals surface area contributed by atoms with Gasteiger partial charge in [0.25, 0.3) is 0 Å². The van der Waals surface area contributed by atoms with Gasteiger partial charge in [0.2, 0.25) is 0 Å². The van der Waals surface area contributed by atoms with Gasteiger partial charge in [0.05, 0.1) is 19.3 Å². The van der Waals surface area contributed by atoms with Crippen LogP contribution in [0.3, 0.4) is 0 Å². The summed E-state index contributed by atoms with van der Waals surface area (Å²) in [6.45, 7) is -0.113. The Morgan fingerprint density at radius 1 is 1.48 bits per heavy atom. The Kier molecular flexibility index (Phi) is 7.17. The fourth-order valence-electron chi connectivity index (χ4n) is 1.98. The number of carbonyl (C=O) groups excluding carboxylic acids is 1. The number of aliphatic carboxylic acids is 1. The second-order valence-corrected chi connectivity index (χ2v) is 4.54. The SMILES string of the molecule is N[C@@H](Cc1c[nH]c2ccc(OCCC[18F])cc12)C(=O)[O-].[Na+]. The van der Waals surface area contributed by atoms with Crippen molar-refractivity contribution in [1.82, 2.24) is 4.98 Å². The fraction of sp³-hybridized carbons (Fsp3) is 0.357. The average molecular weight is 301 g/mol. The molecule has 1 heterocycles. The smallest absolute Gasteiger partial charge is 0.548 e. The van der Waals surface area contributed by atoms with Crippen LogP contribution in [0.1, 0.15) is 12.0 Å². The number of carboxylic acids is 1. The second kappa shape index (κ2) is 8.38. The minimum atomic E-state index is -1.28. The fourth-order valence-corrected chi connectivity index (χ4v) is 1.98. The van der Waals surface area contributed by atoms with E-state index in [2.05, 4.69) is 4.98 Å². The van der Waals surface area contributed by atoms with Crippen LogP contribution in [0.2, 0.25) is 0 Å². The van der Waals surface area contributed by atoms with E-state index in [1.54, 1.807) is 18.3 Å². The molecule has 3 N–H and O–H groups in total. The van der Waals surface area contributed by atoms with Crippen molar-refractivity contribution in [3.63, 3.8) is 0 Å². The maximum Gasteiger partial charge on any atom is 1.00 e. The van der Waals surface area contributed by atoms with Crippen LogP contribution in [0.5, 0.6) is 5.75 Å². The summed E-state index contributed by atoms with van der Waals surface area (Å²) in [6.07, 6.45) is 2.24. The number of ether oxygens (including phenoxy) is 1. The van der Waals surface area contributed by atoms with Crippen molar-refractivity contribution >= 4 is 16.9 Å². The summed E-state index contributed by atoms with van der Waals surface area (Å²) in [5.41, 5.74) is 7.14. The molecule has 1 aromatic heterocycles. The molecule has 0 bridgehead atoms. The van der Waals surface area contributed by atoms with Crippen molar-refractivity contribution in [3.05, 3.63) is 30.0 Å². The number of benzene rings is 1. The third-order valence-electron chi connectivity index (χ3n) is 3.03. The number of carbonyl (C=O) groups is 1. The Bertz CT molecular complexity index is 603. The van der Waals surface area contributed by atoms with Crippen molar-refractivity contribution in [2.75, 3.05) is 13.3 Å². The Morgan fingerprint density at radius 2 is 2.24 bits per heavy atom. The molecule has 2 aromatic rings. The summed E-state index contributed by atoms with van der Waals surface area (Å²) in [4.78, 5) is 13.7. The van der Waals surface area contributed by atoms with Gasteiger partial charge in [-0.05, 0) is 30.2 Å². The Labute approximate surface area is 144 Å². The number of hydrogen-bond acceptors (Lipinski definition) is 4.